The van der Waals surface area contributed by atoms with Crippen molar-refractivity contribution in [2.45, 2.75) is 57.1 Å². The van der Waals surface area contributed by atoms with Gasteiger partial charge in [0, 0.05) is 39.3 Å². The average molecular weight is 309 g/mol. The number of nitrogens with one attached hydrogen (secondary N) is 1. The number of carbonyl (C=O) groups excluding carboxylic acids is 1. The molecule has 3 fully saturated rings. The van der Waals surface area contributed by atoms with Crippen molar-refractivity contribution in [3.05, 3.63) is 0 Å². The molecular formula is C17H31N3O2. The van der Waals surface area contributed by atoms with Crippen LogP contribution in [0, 0.1) is 11.8 Å². The van der Waals surface area contributed by atoms with Gasteiger partial charge < -0.3 is 20.2 Å². The van der Waals surface area contributed by atoms with E-state index in [1.54, 1.807) is 11.9 Å². The highest BCUT2D eigenvalue weighted by Gasteiger charge is 2.32. The van der Waals surface area contributed by atoms with Gasteiger partial charge in [0.05, 0.1) is 6.10 Å². The lowest BCUT2D eigenvalue weighted by Gasteiger charge is -2.24. The molecule has 126 valence electrons. The number of amides is 2. The van der Waals surface area contributed by atoms with E-state index in [1.807, 2.05) is 0 Å². The number of hydrogen-bond donors (Lipinski definition) is 2. The van der Waals surface area contributed by atoms with E-state index in [0.29, 0.717) is 12.5 Å². The number of aliphatic hydroxyl groups is 1. The summed E-state index contributed by atoms with van der Waals surface area (Å²) < 4.78 is 0. The molecule has 3 rings (SSSR count). The molecule has 2 N–H and O–H groups in total. The van der Waals surface area contributed by atoms with Gasteiger partial charge in [-0.05, 0) is 43.9 Å². The summed E-state index contributed by atoms with van der Waals surface area (Å²) in [6.45, 7) is 3.76. The van der Waals surface area contributed by atoms with Gasteiger partial charge >= 0.3 is 6.03 Å². The molecule has 5 nitrogen and oxygen atoms in total. The lowest BCUT2D eigenvalue weighted by atomic mass is 10.1. The Morgan fingerprint density at radius 1 is 1.27 bits per heavy atom. The van der Waals surface area contributed by atoms with Gasteiger partial charge in [-0.3, -0.25) is 0 Å². The van der Waals surface area contributed by atoms with Crippen LogP contribution in [-0.2, 0) is 0 Å². The lowest BCUT2D eigenvalue weighted by molar-refractivity contribution is 0.112. The molecule has 0 aromatic heterocycles. The summed E-state index contributed by atoms with van der Waals surface area (Å²) in [5.74, 6) is 1.30. The largest absolute Gasteiger partial charge is 0.391 e. The minimum absolute atomic E-state index is 0.0348. The molecule has 0 radical (unpaired) electrons. The van der Waals surface area contributed by atoms with E-state index in [9.17, 15) is 9.90 Å². The molecule has 3 aliphatic rings. The van der Waals surface area contributed by atoms with Crippen LogP contribution in [0.4, 0.5) is 4.79 Å². The van der Waals surface area contributed by atoms with Crippen molar-refractivity contribution in [1.82, 2.24) is 15.1 Å². The molecule has 2 saturated carbocycles. The van der Waals surface area contributed by atoms with Crippen LogP contribution >= 0.6 is 0 Å². The number of rotatable bonds is 6. The van der Waals surface area contributed by atoms with Crippen LogP contribution < -0.4 is 5.32 Å². The maximum atomic E-state index is 12.2. The van der Waals surface area contributed by atoms with E-state index in [0.717, 1.165) is 38.3 Å². The van der Waals surface area contributed by atoms with Crippen LogP contribution in [0.15, 0.2) is 0 Å². The highest BCUT2D eigenvalue weighted by atomic mass is 16.3. The summed E-state index contributed by atoms with van der Waals surface area (Å²) in [5, 5.41) is 13.1. The zero-order chi connectivity index (χ0) is 15.5. The summed E-state index contributed by atoms with van der Waals surface area (Å²) in [6, 6.07) is 0.238. The van der Waals surface area contributed by atoms with E-state index in [2.05, 4.69) is 10.2 Å². The summed E-state index contributed by atoms with van der Waals surface area (Å²) in [6.07, 6.45) is 8.48. The first kappa shape index (κ1) is 16.1. The molecule has 2 atom stereocenters. The SMILES string of the molecule is CN(CC(O)C1CC1)C(=O)NC1CCN(CC2CCCC2)C1. The Balaban J connectivity index is 1.36. The van der Waals surface area contributed by atoms with Crippen LogP contribution in [0.3, 0.4) is 0 Å². The quantitative estimate of drug-likeness (QED) is 0.784. The van der Waals surface area contributed by atoms with E-state index in [1.165, 1.54) is 32.2 Å². The number of likely N-dealkylation sites (N-methyl/N-ethyl adjacent to an activating group) is 1. The van der Waals surface area contributed by atoms with Gasteiger partial charge in [-0.2, -0.15) is 0 Å². The Morgan fingerprint density at radius 2 is 2.00 bits per heavy atom. The fourth-order valence-corrected chi connectivity index (χ4v) is 3.95. The second kappa shape index (κ2) is 7.18. The highest BCUT2D eigenvalue weighted by Crippen LogP contribution is 2.32. The molecule has 1 aliphatic heterocycles. The molecule has 2 amide bonds. The van der Waals surface area contributed by atoms with E-state index < -0.39 is 0 Å². The second-order valence-corrected chi connectivity index (χ2v) is 7.63. The Labute approximate surface area is 134 Å². The Morgan fingerprint density at radius 3 is 2.68 bits per heavy atom. The monoisotopic (exact) mass is 309 g/mol. The third-order valence-corrected chi connectivity index (χ3v) is 5.56. The van der Waals surface area contributed by atoms with Gasteiger partial charge in [-0.25, -0.2) is 4.79 Å². The van der Waals surface area contributed by atoms with Crippen molar-refractivity contribution in [2.24, 2.45) is 11.8 Å². The standard InChI is InChI=1S/C17H31N3O2/c1-19(12-16(21)14-6-7-14)17(22)18-15-8-9-20(11-15)10-13-4-2-3-5-13/h13-16,21H,2-12H2,1H3,(H,18,22). The van der Waals surface area contributed by atoms with Crippen molar-refractivity contribution >= 4 is 6.03 Å². The zero-order valence-electron chi connectivity index (χ0n) is 13.8. The first-order valence-corrected chi connectivity index (χ1v) is 9.04. The average Bonchev–Trinajstić information content (AvgIpc) is 3.06. The zero-order valence-corrected chi connectivity index (χ0v) is 13.8. The van der Waals surface area contributed by atoms with E-state index in [-0.39, 0.29) is 18.2 Å². The van der Waals surface area contributed by atoms with Crippen LogP contribution in [0.1, 0.15) is 44.9 Å². The summed E-state index contributed by atoms with van der Waals surface area (Å²) in [5.41, 5.74) is 0. The Bertz CT molecular complexity index is 380. The molecule has 1 saturated heterocycles. The molecule has 0 aromatic carbocycles. The molecule has 5 heteroatoms. The molecule has 22 heavy (non-hydrogen) atoms. The summed E-state index contributed by atoms with van der Waals surface area (Å²) in [4.78, 5) is 16.4. The van der Waals surface area contributed by atoms with Gasteiger partial charge in [0.15, 0.2) is 0 Å². The summed E-state index contributed by atoms with van der Waals surface area (Å²) in [7, 11) is 1.78. The van der Waals surface area contributed by atoms with Gasteiger partial charge in [-0.1, -0.05) is 12.8 Å². The molecule has 0 aromatic rings. The van der Waals surface area contributed by atoms with Crippen LogP contribution in [0.2, 0.25) is 0 Å². The van der Waals surface area contributed by atoms with Crippen molar-refractivity contribution < 1.29 is 9.90 Å². The third-order valence-electron chi connectivity index (χ3n) is 5.56. The minimum Gasteiger partial charge on any atom is -0.391 e. The van der Waals surface area contributed by atoms with E-state index >= 15 is 0 Å². The van der Waals surface area contributed by atoms with Crippen LogP contribution in [0.25, 0.3) is 0 Å². The van der Waals surface area contributed by atoms with Crippen LogP contribution in [0.5, 0.6) is 0 Å². The van der Waals surface area contributed by atoms with Crippen molar-refractivity contribution in [2.75, 3.05) is 33.2 Å². The first-order chi connectivity index (χ1) is 10.6. The van der Waals surface area contributed by atoms with Crippen molar-refractivity contribution in [3.8, 4) is 0 Å². The molecule has 2 aliphatic carbocycles. The number of carbonyl (C=O) groups is 1. The van der Waals surface area contributed by atoms with Crippen LogP contribution in [-0.4, -0.2) is 66.3 Å². The number of hydrogen-bond acceptors (Lipinski definition) is 3. The molecule has 0 spiro atoms. The fraction of sp³-hybridized carbons (Fsp3) is 0.941. The number of aliphatic hydroxyl groups excluding tert-OH is 1. The molecule has 0 bridgehead atoms. The van der Waals surface area contributed by atoms with Crippen molar-refractivity contribution in [1.29, 1.82) is 0 Å². The number of nitrogens with zero attached hydrogens (tertiary/aromatic N) is 2. The predicted octanol–water partition coefficient (Wildman–Crippen LogP) is 1.66. The number of urea groups is 1. The third kappa shape index (κ3) is 4.35. The van der Waals surface area contributed by atoms with Gasteiger partial charge in [-0.15, -0.1) is 0 Å². The second-order valence-electron chi connectivity index (χ2n) is 7.63. The van der Waals surface area contributed by atoms with Gasteiger partial charge in [0.1, 0.15) is 0 Å². The van der Waals surface area contributed by atoms with Gasteiger partial charge in [0.2, 0.25) is 0 Å². The lowest BCUT2D eigenvalue weighted by Crippen LogP contribution is -2.46. The first-order valence-electron chi connectivity index (χ1n) is 9.04. The molecule has 1 heterocycles. The Hall–Kier alpha value is -0.810. The highest BCUT2D eigenvalue weighted by molar-refractivity contribution is 5.74. The maximum Gasteiger partial charge on any atom is 0.317 e. The Kier molecular flexibility index (Phi) is 5.24. The fourth-order valence-electron chi connectivity index (χ4n) is 3.95. The van der Waals surface area contributed by atoms with Gasteiger partial charge in [0.25, 0.3) is 0 Å². The predicted molar refractivity (Wildman–Crippen MR) is 86.7 cm³/mol. The summed E-state index contributed by atoms with van der Waals surface area (Å²) >= 11 is 0. The minimum atomic E-state index is -0.349. The smallest absolute Gasteiger partial charge is 0.317 e. The normalized spacial score (nSPS) is 28.0. The molecule has 2 unspecified atom stereocenters. The number of likely N-dealkylation sites (tertiary alicyclic amines) is 1. The molecular weight excluding hydrogens is 278 g/mol. The maximum absolute atomic E-state index is 12.2. The topological polar surface area (TPSA) is 55.8 Å². The van der Waals surface area contributed by atoms with Crippen molar-refractivity contribution in [3.63, 3.8) is 0 Å². The van der Waals surface area contributed by atoms with E-state index in [4.69, 9.17) is 0 Å².